The smallest absolute Gasteiger partial charge is 0.270 e. The summed E-state index contributed by atoms with van der Waals surface area (Å²) in [6.07, 6.45) is 4.89. The number of H-pyrrole nitrogens is 1. The molecule has 3 aromatic carbocycles. The number of para-hydroxylation sites is 1. The number of likely N-dealkylation sites (tertiary alicyclic amines) is 1. The van der Waals surface area contributed by atoms with Gasteiger partial charge in [0.05, 0.1) is 11.4 Å². The lowest BCUT2D eigenvalue weighted by molar-refractivity contribution is -0.131. The van der Waals surface area contributed by atoms with Gasteiger partial charge >= 0.3 is 0 Å². The Kier molecular flexibility index (Phi) is 8.23. The first kappa shape index (κ1) is 27.0. The zero-order chi connectivity index (χ0) is 28.0. The van der Waals surface area contributed by atoms with Crippen LogP contribution in [0.3, 0.4) is 0 Å². The van der Waals surface area contributed by atoms with Crippen molar-refractivity contribution in [2.45, 2.75) is 37.5 Å². The average Bonchev–Trinajstić information content (AvgIpc) is 3.68. The molecule has 41 heavy (non-hydrogen) atoms. The van der Waals surface area contributed by atoms with Gasteiger partial charge in [-0.25, -0.2) is 4.98 Å². The van der Waals surface area contributed by atoms with Crippen LogP contribution in [0.5, 0.6) is 0 Å². The highest BCUT2D eigenvalue weighted by Crippen LogP contribution is 2.31. The van der Waals surface area contributed by atoms with Gasteiger partial charge in [0, 0.05) is 53.9 Å². The number of aromatic nitrogens is 2. The molecule has 0 radical (unpaired) electrons. The summed E-state index contributed by atoms with van der Waals surface area (Å²) in [6, 6.07) is 29.0. The van der Waals surface area contributed by atoms with Gasteiger partial charge in [0.15, 0.2) is 0 Å². The maximum Gasteiger partial charge on any atom is 0.270 e. The summed E-state index contributed by atoms with van der Waals surface area (Å²) in [5, 5.41) is 7.06. The fraction of sp³-hybridized carbons (Fsp3) is 0.265. The van der Waals surface area contributed by atoms with Gasteiger partial charge in [-0.1, -0.05) is 78.9 Å². The molecule has 2 N–H and O–H groups in total. The monoisotopic (exact) mass is 562 g/mol. The molecule has 6 nitrogen and oxygen atoms in total. The summed E-state index contributed by atoms with van der Waals surface area (Å²) in [5.74, 6) is 0.530. The van der Waals surface area contributed by atoms with Gasteiger partial charge in [-0.15, -0.1) is 11.3 Å². The van der Waals surface area contributed by atoms with E-state index in [-0.39, 0.29) is 23.7 Å². The molecule has 208 valence electrons. The van der Waals surface area contributed by atoms with Crippen molar-refractivity contribution in [3.05, 3.63) is 124 Å². The number of fused-ring (bicyclic) bond motifs is 1. The van der Waals surface area contributed by atoms with Crippen molar-refractivity contribution in [3.8, 4) is 0 Å². The van der Waals surface area contributed by atoms with E-state index < -0.39 is 0 Å². The van der Waals surface area contributed by atoms with Crippen LogP contribution in [0.2, 0.25) is 0 Å². The summed E-state index contributed by atoms with van der Waals surface area (Å²) >= 11 is 1.55. The Morgan fingerprint density at radius 3 is 2.29 bits per heavy atom. The van der Waals surface area contributed by atoms with Gasteiger partial charge in [0.2, 0.25) is 5.91 Å². The maximum absolute atomic E-state index is 13.0. The van der Waals surface area contributed by atoms with Gasteiger partial charge in [0.1, 0.15) is 5.69 Å². The van der Waals surface area contributed by atoms with E-state index in [2.05, 4.69) is 64.9 Å². The van der Waals surface area contributed by atoms with Crippen molar-refractivity contribution in [1.82, 2.24) is 20.2 Å². The van der Waals surface area contributed by atoms with Crippen LogP contribution in [-0.4, -0.2) is 46.3 Å². The molecule has 0 bridgehead atoms. The van der Waals surface area contributed by atoms with E-state index in [9.17, 15) is 9.59 Å². The van der Waals surface area contributed by atoms with E-state index in [0.717, 1.165) is 40.7 Å². The zero-order valence-corrected chi connectivity index (χ0v) is 23.8. The largest absolute Gasteiger partial charge is 0.361 e. The number of nitrogens with one attached hydrogen (secondary N) is 2. The Morgan fingerprint density at radius 1 is 0.927 bits per heavy atom. The minimum Gasteiger partial charge on any atom is -0.361 e. The number of aromatic amines is 1. The van der Waals surface area contributed by atoms with Gasteiger partial charge in [-0.05, 0) is 42.0 Å². The first-order chi connectivity index (χ1) is 20.2. The number of hydrogen-bond donors (Lipinski definition) is 2. The molecule has 5 aromatic rings. The lowest BCUT2D eigenvalue weighted by atomic mass is 9.88. The molecule has 0 unspecified atom stereocenters. The Hall–Kier alpha value is -4.23. The third-order valence-electron chi connectivity index (χ3n) is 8.09. The Labute approximate surface area is 244 Å². The Bertz CT molecular complexity index is 1560. The minimum absolute atomic E-state index is 0.126. The predicted octanol–water partition coefficient (Wildman–Crippen LogP) is 6.53. The Balaban J connectivity index is 1.01. The van der Waals surface area contributed by atoms with Gasteiger partial charge in [-0.2, -0.15) is 0 Å². The number of amides is 2. The van der Waals surface area contributed by atoms with Crippen molar-refractivity contribution in [2.24, 2.45) is 0 Å². The number of nitrogens with zero attached hydrogens (tertiary/aromatic N) is 2. The second-order valence-electron chi connectivity index (χ2n) is 10.7. The first-order valence-electron chi connectivity index (χ1n) is 14.3. The SMILES string of the molecule is O=C(NCCC(c1ccccc1)c1ccccc1)c1csc(C2CCN(C(=O)Cc3c[nH]c4ccccc34)CC2)n1. The zero-order valence-electron chi connectivity index (χ0n) is 23.0. The third kappa shape index (κ3) is 6.25. The normalized spacial score (nSPS) is 14.0. The number of thiazole rings is 1. The molecule has 2 aromatic heterocycles. The number of carbonyl (C=O) groups is 2. The summed E-state index contributed by atoms with van der Waals surface area (Å²) in [6.45, 7) is 2.00. The number of piperidine rings is 1. The fourth-order valence-corrected chi connectivity index (χ4v) is 6.80. The molecular formula is C34H34N4O2S. The van der Waals surface area contributed by atoms with Crippen LogP contribution in [0.15, 0.2) is 96.5 Å². The lowest BCUT2D eigenvalue weighted by Crippen LogP contribution is -2.38. The number of benzene rings is 3. The van der Waals surface area contributed by atoms with E-state index in [1.807, 2.05) is 46.8 Å². The van der Waals surface area contributed by atoms with Crippen LogP contribution >= 0.6 is 11.3 Å². The molecule has 0 atom stereocenters. The average molecular weight is 563 g/mol. The molecule has 0 saturated carbocycles. The quantitative estimate of drug-likeness (QED) is 0.215. The van der Waals surface area contributed by atoms with Crippen molar-refractivity contribution >= 4 is 34.1 Å². The first-order valence-corrected chi connectivity index (χ1v) is 15.2. The minimum atomic E-state index is -0.126. The lowest BCUT2D eigenvalue weighted by Gasteiger charge is -2.31. The van der Waals surface area contributed by atoms with Crippen molar-refractivity contribution in [2.75, 3.05) is 19.6 Å². The Morgan fingerprint density at radius 2 is 1.59 bits per heavy atom. The second-order valence-corrected chi connectivity index (χ2v) is 11.6. The molecule has 1 aliphatic heterocycles. The maximum atomic E-state index is 13.0. The third-order valence-corrected chi connectivity index (χ3v) is 9.10. The van der Waals surface area contributed by atoms with Crippen molar-refractivity contribution < 1.29 is 9.59 Å². The second kappa shape index (κ2) is 12.5. The molecule has 1 saturated heterocycles. The highest BCUT2D eigenvalue weighted by Gasteiger charge is 2.27. The summed E-state index contributed by atoms with van der Waals surface area (Å²) in [5.41, 5.74) is 5.08. The molecular weight excluding hydrogens is 528 g/mol. The van der Waals surface area contributed by atoms with Gasteiger partial charge in [-0.3, -0.25) is 9.59 Å². The molecule has 2 amide bonds. The van der Waals surface area contributed by atoms with Crippen molar-refractivity contribution in [3.63, 3.8) is 0 Å². The topological polar surface area (TPSA) is 78.1 Å². The number of carbonyl (C=O) groups excluding carboxylic acids is 2. The predicted molar refractivity (Wildman–Crippen MR) is 164 cm³/mol. The molecule has 1 fully saturated rings. The highest BCUT2D eigenvalue weighted by molar-refractivity contribution is 7.09. The summed E-state index contributed by atoms with van der Waals surface area (Å²) in [7, 11) is 0. The van der Waals surface area contributed by atoms with Crippen LogP contribution in [0.25, 0.3) is 10.9 Å². The van der Waals surface area contributed by atoms with Crippen LogP contribution in [0.1, 0.15) is 63.3 Å². The summed E-state index contributed by atoms with van der Waals surface area (Å²) in [4.78, 5) is 35.9. The van der Waals surface area contributed by atoms with Crippen LogP contribution < -0.4 is 5.32 Å². The number of hydrogen-bond acceptors (Lipinski definition) is 4. The standard InChI is InChI=1S/C34H34N4O2S/c39-32(21-27-22-36-30-14-8-7-13-29(27)30)38-19-16-26(17-20-38)34-37-31(23-41-34)33(40)35-18-15-28(24-9-3-1-4-10-24)25-11-5-2-6-12-25/h1-14,22-23,26,28,36H,15-21H2,(H,35,40). The molecule has 0 aliphatic carbocycles. The van der Waals surface area contributed by atoms with Crippen molar-refractivity contribution in [1.29, 1.82) is 0 Å². The molecule has 1 aliphatic rings. The van der Waals surface area contributed by atoms with E-state index in [1.54, 1.807) is 11.3 Å². The molecule has 0 spiro atoms. The van der Waals surface area contributed by atoms with E-state index in [4.69, 9.17) is 4.98 Å². The molecule has 6 rings (SSSR count). The molecule has 7 heteroatoms. The van der Waals surface area contributed by atoms with Crippen LogP contribution in [0, 0.1) is 0 Å². The highest BCUT2D eigenvalue weighted by atomic mass is 32.1. The van der Waals surface area contributed by atoms with Crippen LogP contribution in [-0.2, 0) is 11.2 Å². The van der Waals surface area contributed by atoms with Crippen LogP contribution in [0.4, 0.5) is 0 Å². The molecule has 3 heterocycles. The van der Waals surface area contributed by atoms with Gasteiger partial charge in [0.25, 0.3) is 5.91 Å². The van der Waals surface area contributed by atoms with Gasteiger partial charge < -0.3 is 15.2 Å². The van der Waals surface area contributed by atoms with E-state index >= 15 is 0 Å². The fourth-order valence-electron chi connectivity index (χ4n) is 5.82. The van der Waals surface area contributed by atoms with E-state index in [0.29, 0.717) is 31.7 Å². The van der Waals surface area contributed by atoms with E-state index in [1.165, 1.54) is 11.1 Å². The summed E-state index contributed by atoms with van der Waals surface area (Å²) < 4.78 is 0. The number of rotatable bonds is 9.